The lowest BCUT2D eigenvalue weighted by Crippen LogP contribution is -2.32. The number of hydrogen-bond acceptors (Lipinski definition) is 6. The Morgan fingerprint density at radius 2 is 2.03 bits per heavy atom. The summed E-state index contributed by atoms with van der Waals surface area (Å²) < 4.78 is 49.2. The molecule has 10 heteroatoms. The Kier molecular flexibility index (Phi) is 5.40. The maximum Gasteiger partial charge on any atom is 0.283 e. The molecule has 1 saturated carbocycles. The van der Waals surface area contributed by atoms with Crippen LogP contribution in [-0.2, 0) is 34.1 Å². The summed E-state index contributed by atoms with van der Waals surface area (Å²) in [7, 11) is -2.63. The Hall–Kier alpha value is -3.27. The fourth-order valence-electron chi connectivity index (χ4n) is 4.36. The molecule has 0 spiro atoms. The van der Waals surface area contributed by atoms with Gasteiger partial charge in [-0.1, -0.05) is 0 Å². The summed E-state index contributed by atoms with van der Waals surface area (Å²) in [6.07, 6.45) is 6.88. The van der Waals surface area contributed by atoms with Gasteiger partial charge in [-0.2, -0.15) is 13.5 Å². The summed E-state index contributed by atoms with van der Waals surface area (Å²) >= 11 is 0. The fourth-order valence-corrected chi connectivity index (χ4v) is 5.28. The van der Waals surface area contributed by atoms with Gasteiger partial charge in [0.2, 0.25) is 11.8 Å². The third-order valence-electron chi connectivity index (χ3n) is 6.09. The van der Waals surface area contributed by atoms with Crippen LogP contribution in [0.15, 0.2) is 41.7 Å². The number of nitrogens with one attached hydrogen (secondary N) is 1. The maximum absolute atomic E-state index is 14.8. The number of nitrogens with zero attached hydrogens (tertiary/aromatic N) is 3. The lowest BCUT2D eigenvalue weighted by Gasteiger charge is -2.16. The van der Waals surface area contributed by atoms with Gasteiger partial charge >= 0.3 is 0 Å². The van der Waals surface area contributed by atoms with Gasteiger partial charge in [0.25, 0.3) is 10.0 Å². The second kappa shape index (κ2) is 8.26. The minimum Gasteiger partial charge on any atom is -0.481 e. The highest BCUT2D eigenvalue weighted by molar-refractivity contribution is 7.90. The third kappa shape index (κ3) is 4.22. The summed E-state index contributed by atoms with van der Waals surface area (Å²) in [5.74, 6) is -0.660. The van der Waals surface area contributed by atoms with E-state index in [4.69, 9.17) is 4.74 Å². The van der Waals surface area contributed by atoms with Crippen molar-refractivity contribution in [2.45, 2.75) is 49.6 Å². The Balaban J connectivity index is 1.46. The van der Waals surface area contributed by atoms with Crippen molar-refractivity contribution in [3.05, 3.63) is 59.2 Å². The molecule has 1 fully saturated rings. The number of benzene rings is 1. The average Bonchev–Trinajstić information content (AvgIpc) is 3.30. The maximum atomic E-state index is 14.8. The van der Waals surface area contributed by atoms with Gasteiger partial charge in [0.05, 0.1) is 19.6 Å². The smallest absolute Gasteiger partial charge is 0.283 e. The number of fused-ring (bicyclic) bond motifs is 1. The van der Waals surface area contributed by atoms with Crippen molar-refractivity contribution in [3.8, 4) is 17.0 Å². The molecule has 0 radical (unpaired) electrons. The summed E-state index contributed by atoms with van der Waals surface area (Å²) in [6, 6.07) is 6.40. The molecule has 5 rings (SSSR count). The fraction of sp³-hybridized carbons (Fsp3) is 0.348. The molecule has 1 amide bonds. The molecule has 1 N–H and O–H groups in total. The summed E-state index contributed by atoms with van der Waals surface area (Å²) in [6.45, 7) is 0. The first-order valence-electron chi connectivity index (χ1n) is 10.8. The van der Waals surface area contributed by atoms with E-state index in [-0.39, 0.29) is 23.3 Å². The second-order valence-corrected chi connectivity index (χ2v) is 9.98. The molecule has 2 aromatic heterocycles. The molecule has 3 aromatic rings. The molecule has 0 unspecified atom stereocenters. The van der Waals surface area contributed by atoms with Gasteiger partial charge in [-0.05, 0) is 78.1 Å². The molecule has 1 aromatic carbocycles. The van der Waals surface area contributed by atoms with E-state index < -0.39 is 15.9 Å². The predicted molar refractivity (Wildman–Crippen MR) is 118 cm³/mol. The number of halogens is 1. The molecule has 8 nitrogen and oxygen atoms in total. The highest BCUT2D eigenvalue weighted by Gasteiger charge is 2.29. The van der Waals surface area contributed by atoms with Crippen LogP contribution in [0.3, 0.4) is 0 Å². The van der Waals surface area contributed by atoms with E-state index in [1.54, 1.807) is 29.2 Å². The number of methoxy groups -OCH3 is 1. The van der Waals surface area contributed by atoms with E-state index in [1.807, 2.05) is 0 Å². The zero-order valence-corrected chi connectivity index (χ0v) is 18.9. The lowest BCUT2D eigenvalue weighted by molar-refractivity contribution is -0.118. The Labute approximate surface area is 190 Å². The number of sulfonamides is 1. The SMILES string of the molecule is COc1cc(-c2cc(F)c3c(c2CC(=O)NS(=O)(=O)c2ccn(C4CC4)n2)CCC3)ccn1. The van der Waals surface area contributed by atoms with Crippen LogP contribution in [0.5, 0.6) is 5.88 Å². The normalized spacial score (nSPS) is 15.3. The number of pyridine rings is 1. The van der Waals surface area contributed by atoms with Crippen molar-refractivity contribution in [3.63, 3.8) is 0 Å². The molecule has 0 saturated heterocycles. The Bertz CT molecular complexity index is 1350. The Morgan fingerprint density at radius 1 is 1.24 bits per heavy atom. The van der Waals surface area contributed by atoms with Crippen LogP contribution in [0.25, 0.3) is 11.1 Å². The van der Waals surface area contributed by atoms with E-state index in [0.717, 1.165) is 24.8 Å². The van der Waals surface area contributed by atoms with E-state index in [2.05, 4.69) is 14.8 Å². The van der Waals surface area contributed by atoms with Crippen molar-refractivity contribution >= 4 is 15.9 Å². The summed E-state index contributed by atoms with van der Waals surface area (Å²) in [5.41, 5.74) is 3.15. The first kappa shape index (κ1) is 21.6. The van der Waals surface area contributed by atoms with E-state index in [9.17, 15) is 17.6 Å². The van der Waals surface area contributed by atoms with Crippen molar-refractivity contribution < 1.29 is 22.3 Å². The standard InChI is InChI=1S/C23H23FN4O4S/c1-32-22-11-14(7-9-25-22)18-12-20(24)17-4-2-3-16(17)19(18)13-21(29)27-33(30,31)23-8-10-28(26-23)15-5-6-15/h7-12,15H,2-6,13H2,1H3,(H,27,29). The Morgan fingerprint density at radius 3 is 2.79 bits per heavy atom. The number of hydrogen-bond donors (Lipinski definition) is 1. The first-order valence-corrected chi connectivity index (χ1v) is 12.3. The first-order chi connectivity index (χ1) is 15.9. The largest absolute Gasteiger partial charge is 0.481 e. The number of aromatic nitrogens is 3. The van der Waals surface area contributed by atoms with Crippen LogP contribution in [0, 0.1) is 5.82 Å². The van der Waals surface area contributed by atoms with Gasteiger partial charge in [0.1, 0.15) is 5.82 Å². The minimum absolute atomic E-state index is 0.189. The topological polar surface area (TPSA) is 103 Å². The van der Waals surface area contributed by atoms with Crippen molar-refractivity contribution in [2.75, 3.05) is 7.11 Å². The van der Waals surface area contributed by atoms with Crippen molar-refractivity contribution in [2.24, 2.45) is 0 Å². The zero-order valence-electron chi connectivity index (χ0n) is 18.0. The molecule has 172 valence electrons. The van der Waals surface area contributed by atoms with Crippen LogP contribution >= 0.6 is 0 Å². The van der Waals surface area contributed by atoms with Crippen LogP contribution in [-0.4, -0.2) is 36.2 Å². The van der Waals surface area contributed by atoms with E-state index in [0.29, 0.717) is 41.0 Å². The molecule has 0 bridgehead atoms. The number of amides is 1. The summed E-state index contributed by atoms with van der Waals surface area (Å²) in [4.78, 5) is 17.0. The highest BCUT2D eigenvalue weighted by atomic mass is 32.2. The van der Waals surface area contributed by atoms with Gasteiger partial charge in [-0.15, -0.1) is 0 Å². The van der Waals surface area contributed by atoms with Gasteiger partial charge in [0, 0.05) is 18.5 Å². The molecular weight excluding hydrogens is 447 g/mol. The van der Waals surface area contributed by atoms with Gasteiger partial charge < -0.3 is 4.74 Å². The molecular formula is C23H23FN4O4S. The number of carbonyl (C=O) groups is 1. The quantitative estimate of drug-likeness (QED) is 0.570. The lowest BCUT2D eigenvalue weighted by atomic mass is 9.91. The summed E-state index contributed by atoms with van der Waals surface area (Å²) in [5, 5.41) is 3.91. The highest BCUT2D eigenvalue weighted by Crippen LogP contribution is 2.37. The second-order valence-electron chi connectivity index (χ2n) is 8.35. The molecule has 2 heterocycles. The monoisotopic (exact) mass is 470 g/mol. The number of rotatable bonds is 7. The third-order valence-corrected chi connectivity index (χ3v) is 7.35. The molecule has 2 aliphatic carbocycles. The van der Waals surface area contributed by atoms with E-state index >= 15 is 0 Å². The number of carbonyl (C=O) groups excluding carboxylic acids is 1. The van der Waals surface area contributed by atoms with Gasteiger partial charge in [0.15, 0.2) is 5.03 Å². The molecule has 0 atom stereocenters. The predicted octanol–water partition coefficient (Wildman–Crippen LogP) is 2.96. The van der Waals surface area contributed by atoms with Crippen molar-refractivity contribution in [1.29, 1.82) is 0 Å². The van der Waals surface area contributed by atoms with Gasteiger partial charge in [-0.3, -0.25) is 9.48 Å². The minimum atomic E-state index is -4.11. The molecule has 0 aliphatic heterocycles. The van der Waals surface area contributed by atoms with Gasteiger partial charge in [-0.25, -0.2) is 14.1 Å². The van der Waals surface area contributed by atoms with Crippen LogP contribution in [0.2, 0.25) is 0 Å². The number of ether oxygens (including phenoxy) is 1. The van der Waals surface area contributed by atoms with Crippen LogP contribution in [0.1, 0.15) is 42.0 Å². The van der Waals surface area contributed by atoms with Crippen LogP contribution < -0.4 is 9.46 Å². The van der Waals surface area contributed by atoms with Crippen LogP contribution in [0.4, 0.5) is 4.39 Å². The molecule has 33 heavy (non-hydrogen) atoms. The van der Waals surface area contributed by atoms with E-state index in [1.165, 1.54) is 19.2 Å². The van der Waals surface area contributed by atoms with Crippen molar-refractivity contribution in [1.82, 2.24) is 19.5 Å². The average molecular weight is 471 g/mol. The molecule has 2 aliphatic rings. The zero-order chi connectivity index (χ0) is 23.2.